The summed E-state index contributed by atoms with van der Waals surface area (Å²) >= 11 is 0. The van der Waals surface area contributed by atoms with E-state index in [1.54, 1.807) is 0 Å². The second kappa shape index (κ2) is 16.8. The number of hydrogen-bond acceptors (Lipinski definition) is 5. The summed E-state index contributed by atoms with van der Waals surface area (Å²) in [6.45, 7) is 0. The zero-order valence-electron chi connectivity index (χ0n) is 37.3. The quantitative estimate of drug-likeness (QED) is 0.142. The Labute approximate surface area is 398 Å². The summed E-state index contributed by atoms with van der Waals surface area (Å²) < 4.78 is 6.62. The van der Waals surface area contributed by atoms with E-state index in [0.717, 1.165) is 116 Å². The maximum absolute atomic E-state index is 6.62. The second-order valence-corrected chi connectivity index (χ2v) is 17.3. The van der Waals surface area contributed by atoms with E-state index in [0.29, 0.717) is 17.5 Å². The maximum atomic E-state index is 6.62. The van der Waals surface area contributed by atoms with Crippen molar-refractivity contribution in [3.05, 3.63) is 243 Å². The van der Waals surface area contributed by atoms with Crippen molar-refractivity contribution in [2.24, 2.45) is 0 Å². The van der Waals surface area contributed by atoms with Gasteiger partial charge >= 0.3 is 0 Å². The number of fused-ring (bicyclic) bond motifs is 6. The molecule has 0 aliphatic heterocycles. The normalized spacial score (nSPS) is 11.5. The molecule has 0 aliphatic rings. The number of para-hydroxylation sites is 2. The number of pyridine rings is 1. The minimum atomic E-state index is 0.602. The Balaban J connectivity index is 0.907. The molecule has 69 heavy (non-hydrogen) atoms. The summed E-state index contributed by atoms with van der Waals surface area (Å²) in [5.41, 5.74) is 16.3. The van der Waals surface area contributed by atoms with Crippen LogP contribution in [0.15, 0.2) is 247 Å². The zero-order chi connectivity index (χ0) is 45.7. The molecule has 0 N–H and O–H groups in total. The lowest BCUT2D eigenvalue weighted by Crippen LogP contribution is -2.00. The molecular weight excluding hydrogens is 841 g/mol. The van der Waals surface area contributed by atoms with E-state index in [4.69, 9.17) is 24.4 Å². The van der Waals surface area contributed by atoms with Crippen molar-refractivity contribution in [2.75, 3.05) is 0 Å². The van der Waals surface area contributed by atoms with Gasteiger partial charge in [0.15, 0.2) is 17.5 Å². The summed E-state index contributed by atoms with van der Waals surface area (Å²) in [7, 11) is 0. The van der Waals surface area contributed by atoms with Gasteiger partial charge in [-0.15, -0.1) is 0 Å². The van der Waals surface area contributed by atoms with Gasteiger partial charge in [0.05, 0.1) is 11.2 Å². The Morgan fingerprint density at radius 2 is 0.681 bits per heavy atom. The Bertz CT molecular complexity index is 3920. The zero-order valence-corrected chi connectivity index (χ0v) is 37.3. The minimum Gasteiger partial charge on any atom is -0.456 e. The molecular formula is C64H40N4O. The third-order valence-corrected chi connectivity index (χ3v) is 13.1. The lowest BCUT2D eigenvalue weighted by molar-refractivity contribution is 0.669. The van der Waals surface area contributed by atoms with Crippen LogP contribution in [0.25, 0.3) is 134 Å². The first kappa shape index (κ1) is 40.0. The number of rotatable bonds is 8. The molecule has 3 aromatic heterocycles. The highest BCUT2D eigenvalue weighted by atomic mass is 16.3. The molecule has 0 amide bonds. The predicted octanol–water partition coefficient (Wildman–Crippen LogP) is 16.8. The maximum Gasteiger partial charge on any atom is 0.164 e. The first-order chi connectivity index (χ1) is 34.2. The Kier molecular flexibility index (Phi) is 9.76. The van der Waals surface area contributed by atoms with E-state index < -0.39 is 0 Å². The Hall–Kier alpha value is -9.32. The highest BCUT2D eigenvalue weighted by Crippen LogP contribution is 2.46. The van der Waals surface area contributed by atoms with Crippen LogP contribution < -0.4 is 0 Å². The van der Waals surface area contributed by atoms with E-state index in [9.17, 15) is 0 Å². The van der Waals surface area contributed by atoms with Crippen LogP contribution in [0.2, 0.25) is 0 Å². The molecule has 0 bridgehead atoms. The smallest absolute Gasteiger partial charge is 0.164 e. The summed E-state index contributed by atoms with van der Waals surface area (Å²) in [6.07, 6.45) is 0. The molecule has 0 saturated heterocycles. The molecule has 13 aromatic rings. The van der Waals surface area contributed by atoms with E-state index in [1.165, 1.54) is 0 Å². The van der Waals surface area contributed by atoms with Gasteiger partial charge in [-0.05, 0) is 63.2 Å². The van der Waals surface area contributed by atoms with Crippen molar-refractivity contribution in [3.8, 4) is 89.9 Å². The van der Waals surface area contributed by atoms with Gasteiger partial charge in [0.1, 0.15) is 11.2 Å². The number of nitrogens with zero attached hydrogens (tertiary/aromatic N) is 4. The van der Waals surface area contributed by atoms with Crippen LogP contribution in [-0.4, -0.2) is 19.9 Å². The lowest BCUT2D eigenvalue weighted by Gasteiger charge is -2.16. The summed E-state index contributed by atoms with van der Waals surface area (Å²) in [5.74, 6) is 1.83. The summed E-state index contributed by atoms with van der Waals surface area (Å²) in [6, 6.07) is 84.5. The summed E-state index contributed by atoms with van der Waals surface area (Å²) in [5, 5.41) is 5.52. The van der Waals surface area contributed by atoms with Gasteiger partial charge in [0.25, 0.3) is 0 Å². The molecule has 10 aromatic carbocycles. The average Bonchev–Trinajstić information content (AvgIpc) is 3.81. The van der Waals surface area contributed by atoms with Crippen molar-refractivity contribution < 1.29 is 4.42 Å². The van der Waals surface area contributed by atoms with Crippen LogP contribution in [0.1, 0.15) is 0 Å². The van der Waals surface area contributed by atoms with Crippen molar-refractivity contribution in [1.82, 2.24) is 19.9 Å². The van der Waals surface area contributed by atoms with Gasteiger partial charge in [-0.3, -0.25) is 0 Å². The predicted molar refractivity (Wildman–Crippen MR) is 283 cm³/mol. The third kappa shape index (κ3) is 7.30. The lowest BCUT2D eigenvalue weighted by atomic mass is 9.89. The van der Waals surface area contributed by atoms with Gasteiger partial charge in [-0.1, -0.05) is 218 Å². The highest BCUT2D eigenvalue weighted by Gasteiger charge is 2.22. The number of aromatic nitrogens is 4. The fourth-order valence-electron chi connectivity index (χ4n) is 9.74. The van der Waals surface area contributed by atoms with Crippen molar-refractivity contribution >= 4 is 43.6 Å². The molecule has 0 radical (unpaired) electrons. The summed E-state index contributed by atoms with van der Waals surface area (Å²) in [4.78, 5) is 20.7. The van der Waals surface area contributed by atoms with E-state index in [1.807, 2.05) is 24.3 Å². The van der Waals surface area contributed by atoms with Crippen molar-refractivity contribution in [1.29, 1.82) is 0 Å². The monoisotopic (exact) mass is 880 g/mol. The number of furan rings is 1. The number of benzene rings is 10. The second-order valence-electron chi connectivity index (χ2n) is 17.3. The van der Waals surface area contributed by atoms with Crippen LogP contribution in [0.4, 0.5) is 0 Å². The molecule has 13 rings (SSSR count). The van der Waals surface area contributed by atoms with Gasteiger partial charge in [0.2, 0.25) is 0 Å². The van der Waals surface area contributed by atoms with Gasteiger partial charge < -0.3 is 4.42 Å². The average molecular weight is 881 g/mol. The molecule has 0 atom stereocenters. The van der Waals surface area contributed by atoms with Gasteiger partial charge in [-0.2, -0.15) is 0 Å². The molecule has 0 spiro atoms. The molecule has 0 saturated carbocycles. The Morgan fingerprint density at radius 1 is 0.246 bits per heavy atom. The number of hydrogen-bond donors (Lipinski definition) is 0. The molecule has 0 fully saturated rings. The SMILES string of the molecule is c1ccc(-c2ccc(-c3nc(-c4ccc(-c5ccccc5)cc4)nc(-c4cccc(-c5ccc(-c6nc7ccccc7c7c(-c8ccccc8)c8c(cc67)oc6ccccc68)cc5)c4)n3)cc2)cc1. The van der Waals surface area contributed by atoms with Gasteiger partial charge in [0, 0.05) is 54.7 Å². The first-order valence-corrected chi connectivity index (χ1v) is 23.2. The van der Waals surface area contributed by atoms with E-state index in [-0.39, 0.29) is 0 Å². The van der Waals surface area contributed by atoms with E-state index >= 15 is 0 Å². The standard InChI is InChI=1S/C64H40N4O/c1-4-15-41(16-5-1)43-29-35-48(36-30-43)62-66-63(49-37-31-44(32-38-49)42-17-6-2-7-18-42)68-64(67-62)51-22-14-21-50(39-51)45-27-33-47(34-28-45)61-54-40-57-60(53-24-11-13-26-56(53)69-57)58(46-19-8-3-9-20-46)59(54)52-23-10-12-25-55(52)65-61/h1-40H. The van der Waals surface area contributed by atoms with Crippen LogP contribution in [0, 0.1) is 0 Å². The molecule has 0 aliphatic carbocycles. The molecule has 5 heteroatoms. The molecule has 5 nitrogen and oxygen atoms in total. The van der Waals surface area contributed by atoms with E-state index in [2.05, 4.69) is 218 Å². The van der Waals surface area contributed by atoms with Crippen molar-refractivity contribution in [2.45, 2.75) is 0 Å². The van der Waals surface area contributed by atoms with Crippen LogP contribution in [0.5, 0.6) is 0 Å². The topological polar surface area (TPSA) is 64.7 Å². The third-order valence-electron chi connectivity index (χ3n) is 13.1. The molecule has 0 unspecified atom stereocenters. The Morgan fingerprint density at radius 3 is 1.29 bits per heavy atom. The molecule has 3 heterocycles. The van der Waals surface area contributed by atoms with Crippen LogP contribution in [-0.2, 0) is 0 Å². The van der Waals surface area contributed by atoms with Gasteiger partial charge in [-0.25, -0.2) is 19.9 Å². The largest absolute Gasteiger partial charge is 0.456 e. The van der Waals surface area contributed by atoms with Crippen molar-refractivity contribution in [3.63, 3.8) is 0 Å². The van der Waals surface area contributed by atoms with Crippen LogP contribution >= 0.6 is 0 Å². The highest BCUT2D eigenvalue weighted by molar-refractivity contribution is 6.27. The fourth-order valence-corrected chi connectivity index (χ4v) is 9.74. The first-order valence-electron chi connectivity index (χ1n) is 23.2. The fraction of sp³-hybridized carbons (Fsp3) is 0. The molecule has 322 valence electrons. The van der Waals surface area contributed by atoms with Crippen LogP contribution in [0.3, 0.4) is 0 Å². The minimum absolute atomic E-state index is 0.602.